The summed E-state index contributed by atoms with van der Waals surface area (Å²) < 4.78 is 31.2. The summed E-state index contributed by atoms with van der Waals surface area (Å²) >= 11 is 0. The number of rotatable bonds is 3. The summed E-state index contributed by atoms with van der Waals surface area (Å²) in [5.74, 6) is -5.37. The zero-order valence-electron chi connectivity index (χ0n) is 8.84. The van der Waals surface area contributed by atoms with E-state index in [9.17, 15) is 18.4 Å². The van der Waals surface area contributed by atoms with Crippen molar-refractivity contribution in [1.82, 2.24) is 4.98 Å². The maximum Gasteiger partial charge on any atom is 0.382 e. The number of halogens is 2. The van der Waals surface area contributed by atoms with E-state index in [1.165, 1.54) is 13.8 Å². The fourth-order valence-electron chi connectivity index (χ4n) is 1.12. The molecule has 0 aliphatic rings. The van der Waals surface area contributed by atoms with Gasteiger partial charge in [-0.25, -0.2) is 4.79 Å². The van der Waals surface area contributed by atoms with Gasteiger partial charge >= 0.3 is 11.9 Å². The van der Waals surface area contributed by atoms with Crippen molar-refractivity contribution in [2.45, 2.75) is 19.8 Å². The number of aromatic amines is 1. The minimum absolute atomic E-state index is 0.112. The maximum atomic E-state index is 13.5. The third-order valence-electron chi connectivity index (χ3n) is 1.98. The second-order valence-corrected chi connectivity index (χ2v) is 3.20. The number of aryl methyl sites for hydroxylation is 1. The molecule has 0 amide bonds. The van der Waals surface area contributed by atoms with E-state index in [-0.39, 0.29) is 12.2 Å². The fraction of sp³-hybridized carbons (Fsp3) is 0.400. The summed E-state index contributed by atoms with van der Waals surface area (Å²) in [5, 5.41) is 0. The van der Waals surface area contributed by atoms with E-state index >= 15 is 0 Å². The van der Waals surface area contributed by atoms with Gasteiger partial charge in [0, 0.05) is 17.3 Å². The Hall–Kier alpha value is -1.72. The average Bonchev–Trinajstić information content (AvgIpc) is 2.22. The van der Waals surface area contributed by atoms with Crippen molar-refractivity contribution < 1.29 is 18.3 Å². The van der Waals surface area contributed by atoms with Crippen LogP contribution in [0.5, 0.6) is 0 Å². The Morgan fingerprint density at radius 1 is 1.56 bits per heavy atom. The minimum Gasteiger partial charge on any atom is -0.461 e. The molecule has 1 aromatic heterocycles. The van der Waals surface area contributed by atoms with E-state index in [2.05, 4.69) is 9.72 Å². The van der Waals surface area contributed by atoms with Gasteiger partial charge in [-0.15, -0.1) is 0 Å². The zero-order valence-corrected chi connectivity index (χ0v) is 8.84. The highest BCUT2D eigenvalue weighted by Gasteiger charge is 2.43. The zero-order chi connectivity index (χ0) is 12.3. The normalized spacial score (nSPS) is 11.2. The van der Waals surface area contributed by atoms with Crippen molar-refractivity contribution in [1.29, 1.82) is 0 Å². The van der Waals surface area contributed by atoms with Gasteiger partial charge in [0.1, 0.15) is 0 Å². The summed E-state index contributed by atoms with van der Waals surface area (Å²) in [6, 6.07) is 0.968. The van der Waals surface area contributed by atoms with Crippen LogP contribution in [0.15, 0.2) is 17.1 Å². The Morgan fingerprint density at radius 2 is 2.19 bits per heavy atom. The first-order valence-corrected chi connectivity index (χ1v) is 4.64. The summed E-state index contributed by atoms with van der Waals surface area (Å²) in [6.45, 7) is 2.69. The largest absolute Gasteiger partial charge is 0.461 e. The second kappa shape index (κ2) is 4.42. The third kappa shape index (κ3) is 2.26. The number of hydrogen-bond acceptors (Lipinski definition) is 3. The first-order valence-electron chi connectivity index (χ1n) is 4.64. The van der Waals surface area contributed by atoms with Crippen LogP contribution >= 0.6 is 0 Å². The molecule has 1 N–H and O–H groups in total. The number of alkyl halides is 2. The molecule has 0 aromatic carbocycles. The highest BCUT2D eigenvalue weighted by molar-refractivity contribution is 5.79. The molecule has 0 aliphatic carbocycles. The van der Waals surface area contributed by atoms with E-state index in [1.807, 2.05) is 0 Å². The van der Waals surface area contributed by atoms with Gasteiger partial charge in [0.15, 0.2) is 0 Å². The Balaban J connectivity index is 3.11. The van der Waals surface area contributed by atoms with Crippen LogP contribution in [0.4, 0.5) is 8.78 Å². The summed E-state index contributed by atoms with van der Waals surface area (Å²) in [5.41, 5.74) is -0.937. The third-order valence-corrected chi connectivity index (χ3v) is 1.98. The van der Waals surface area contributed by atoms with Gasteiger partial charge in [-0.2, -0.15) is 8.78 Å². The van der Waals surface area contributed by atoms with Crippen LogP contribution in [0.2, 0.25) is 0 Å². The molecule has 88 valence electrons. The number of aromatic nitrogens is 1. The lowest BCUT2D eigenvalue weighted by atomic mass is 10.1. The molecule has 0 saturated carbocycles. The molecule has 0 bridgehead atoms. The van der Waals surface area contributed by atoms with Gasteiger partial charge in [0.25, 0.3) is 5.56 Å². The molecule has 0 fully saturated rings. The lowest BCUT2D eigenvalue weighted by Gasteiger charge is -2.14. The van der Waals surface area contributed by atoms with Crippen LogP contribution in [-0.2, 0) is 15.5 Å². The van der Waals surface area contributed by atoms with E-state index in [4.69, 9.17) is 0 Å². The number of H-pyrrole nitrogens is 1. The van der Waals surface area contributed by atoms with Crippen molar-refractivity contribution in [3.63, 3.8) is 0 Å². The van der Waals surface area contributed by atoms with Crippen LogP contribution in [0.1, 0.15) is 18.1 Å². The molecule has 1 aromatic rings. The predicted octanol–water partition coefficient (Wildman–Crippen LogP) is 1.34. The molecule has 0 radical (unpaired) electrons. The molecule has 1 heterocycles. The molecular formula is C10H11F2NO3. The van der Waals surface area contributed by atoms with Crippen LogP contribution in [0.25, 0.3) is 0 Å². The number of nitrogens with one attached hydrogen (secondary N) is 1. The highest BCUT2D eigenvalue weighted by Crippen LogP contribution is 2.28. The first kappa shape index (κ1) is 12.4. The Morgan fingerprint density at radius 3 is 2.69 bits per heavy atom. The number of carbonyl (C=O) groups excluding carboxylic acids is 1. The number of carbonyl (C=O) groups is 1. The standard InChI is InChI=1S/C10H11F2NO3/c1-3-16-9(15)10(11,12)7-4-6(2)8(14)13-5-7/h4-5H,3H2,1-2H3,(H,13,14). The number of esters is 1. The molecule has 0 unspecified atom stereocenters. The quantitative estimate of drug-likeness (QED) is 0.798. The van der Waals surface area contributed by atoms with Gasteiger partial charge in [0.2, 0.25) is 0 Å². The van der Waals surface area contributed by atoms with Crippen LogP contribution in [0, 0.1) is 6.92 Å². The minimum atomic E-state index is -3.75. The lowest BCUT2D eigenvalue weighted by molar-refractivity contribution is -0.173. The molecule has 4 nitrogen and oxygen atoms in total. The molecule has 0 aliphatic heterocycles. The SMILES string of the molecule is CCOC(=O)C(F)(F)c1c[nH]c(=O)c(C)c1. The van der Waals surface area contributed by atoms with Crippen molar-refractivity contribution in [2.75, 3.05) is 6.61 Å². The van der Waals surface area contributed by atoms with E-state index in [0.717, 1.165) is 12.3 Å². The Bertz CT molecular complexity index is 454. The molecular weight excluding hydrogens is 220 g/mol. The number of hydrogen-bond donors (Lipinski definition) is 1. The smallest absolute Gasteiger partial charge is 0.382 e. The maximum absolute atomic E-state index is 13.5. The molecule has 0 atom stereocenters. The van der Waals surface area contributed by atoms with Gasteiger partial charge in [0.05, 0.1) is 6.61 Å². The summed E-state index contributed by atoms with van der Waals surface area (Å²) in [4.78, 5) is 24.1. The van der Waals surface area contributed by atoms with E-state index in [1.54, 1.807) is 0 Å². The predicted molar refractivity (Wildman–Crippen MR) is 52.3 cm³/mol. The molecule has 6 heteroatoms. The van der Waals surface area contributed by atoms with Gasteiger partial charge < -0.3 is 9.72 Å². The molecule has 16 heavy (non-hydrogen) atoms. The topological polar surface area (TPSA) is 59.2 Å². The van der Waals surface area contributed by atoms with Crippen LogP contribution in [0.3, 0.4) is 0 Å². The molecule has 0 spiro atoms. The Kier molecular flexibility index (Phi) is 3.41. The lowest BCUT2D eigenvalue weighted by Crippen LogP contribution is -2.29. The summed E-state index contributed by atoms with van der Waals surface area (Å²) in [6.07, 6.45) is 0.812. The highest BCUT2D eigenvalue weighted by atomic mass is 19.3. The van der Waals surface area contributed by atoms with Crippen molar-refractivity contribution >= 4 is 5.97 Å². The molecule has 1 rings (SSSR count). The molecule has 0 saturated heterocycles. The van der Waals surface area contributed by atoms with Gasteiger partial charge in [-0.3, -0.25) is 4.79 Å². The van der Waals surface area contributed by atoms with E-state index < -0.39 is 23.0 Å². The fourth-order valence-corrected chi connectivity index (χ4v) is 1.12. The number of pyridine rings is 1. The summed E-state index contributed by atoms with van der Waals surface area (Å²) in [7, 11) is 0. The van der Waals surface area contributed by atoms with Crippen LogP contribution < -0.4 is 5.56 Å². The van der Waals surface area contributed by atoms with Gasteiger partial charge in [-0.1, -0.05) is 0 Å². The monoisotopic (exact) mass is 231 g/mol. The van der Waals surface area contributed by atoms with Gasteiger partial charge in [-0.05, 0) is 19.9 Å². The Labute approximate surface area is 90.2 Å². The van der Waals surface area contributed by atoms with Crippen LogP contribution in [-0.4, -0.2) is 17.6 Å². The second-order valence-electron chi connectivity index (χ2n) is 3.20. The van der Waals surface area contributed by atoms with E-state index in [0.29, 0.717) is 0 Å². The first-order chi connectivity index (χ1) is 7.39. The van der Waals surface area contributed by atoms with Crippen molar-refractivity contribution in [2.24, 2.45) is 0 Å². The average molecular weight is 231 g/mol. The number of ether oxygens (including phenoxy) is 1. The van der Waals surface area contributed by atoms with Crippen molar-refractivity contribution in [3.8, 4) is 0 Å². The van der Waals surface area contributed by atoms with Crippen molar-refractivity contribution in [3.05, 3.63) is 33.7 Å².